The molecule has 1 aromatic heterocycles. The van der Waals surface area contributed by atoms with E-state index in [0.29, 0.717) is 17.9 Å². The van der Waals surface area contributed by atoms with Gasteiger partial charge < -0.3 is 5.32 Å². The summed E-state index contributed by atoms with van der Waals surface area (Å²) in [6.45, 7) is 0.611. The summed E-state index contributed by atoms with van der Waals surface area (Å²) in [6.07, 6.45) is 1.48. The first-order valence-corrected chi connectivity index (χ1v) is 5.85. The third-order valence-electron chi connectivity index (χ3n) is 2.74. The van der Waals surface area contributed by atoms with Gasteiger partial charge in [-0.05, 0) is 5.56 Å². The highest BCUT2D eigenvalue weighted by Crippen LogP contribution is 2.14. The van der Waals surface area contributed by atoms with Crippen molar-refractivity contribution in [2.45, 2.75) is 6.54 Å². The molecule has 0 saturated carbocycles. The Kier molecular flexibility index (Phi) is 4.15. The molecule has 0 radical (unpaired) electrons. The Balaban J connectivity index is 2.06. The van der Waals surface area contributed by atoms with E-state index in [0.717, 1.165) is 10.6 Å². The lowest BCUT2D eigenvalue weighted by Crippen LogP contribution is -2.25. The van der Waals surface area contributed by atoms with E-state index in [-0.39, 0.29) is 5.91 Å². The summed E-state index contributed by atoms with van der Waals surface area (Å²) in [5, 5.41) is 11.0. The van der Waals surface area contributed by atoms with E-state index in [1.54, 1.807) is 7.05 Å². The Labute approximate surface area is 111 Å². The van der Waals surface area contributed by atoms with Gasteiger partial charge in [0, 0.05) is 13.6 Å². The van der Waals surface area contributed by atoms with Crippen molar-refractivity contribution in [2.75, 3.05) is 19.5 Å². The van der Waals surface area contributed by atoms with Crippen LogP contribution in [-0.4, -0.2) is 35.3 Å². The minimum absolute atomic E-state index is 0.258. The van der Waals surface area contributed by atoms with E-state index >= 15 is 0 Å². The third kappa shape index (κ3) is 3.11. The number of nitrogens with zero attached hydrogens (tertiary/aromatic N) is 2. The number of nitrogens with one attached hydrogen (secondary N) is 2. The van der Waals surface area contributed by atoms with Crippen LogP contribution in [0.5, 0.6) is 0 Å². The highest BCUT2D eigenvalue weighted by Gasteiger charge is 2.17. The van der Waals surface area contributed by atoms with Crippen molar-refractivity contribution >= 4 is 11.7 Å². The zero-order valence-electron chi connectivity index (χ0n) is 10.9. The molecule has 0 unspecified atom stereocenters. The molecule has 0 bridgehead atoms. The summed E-state index contributed by atoms with van der Waals surface area (Å²) in [6, 6.07) is 9.91. The number of anilines is 1. The fourth-order valence-electron chi connectivity index (χ4n) is 1.62. The summed E-state index contributed by atoms with van der Waals surface area (Å²) in [5.74, 6) is 0.324. The van der Waals surface area contributed by atoms with E-state index < -0.39 is 0 Å². The largest absolute Gasteiger partial charge is 0.366 e. The number of aromatic nitrogens is 2. The Morgan fingerprint density at radius 3 is 2.84 bits per heavy atom. The van der Waals surface area contributed by atoms with Gasteiger partial charge in [-0.25, -0.2) is 5.06 Å². The molecule has 0 fully saturated rings. The second-order valence-corrected chi connectivity index (χ2v) is 3.98. The van der Waals surface area contributed by atoms with Crippen LogP contribution in [0, 0.1) is 0 Å². The fraction of sp³-hybridized carbons (Fsp3) is 0.231. The first-order valence-electron chi connectivity index (χ1n) is 5.85. The van der Waals surface area contributed by atoms with Gasteiger partial charge >= 0.3 is 0 Å². The van der Waals surface area contributed by atoms with Crippen LogP contribution in [0.3, 0.4) is 0 Å². The summed E-state index contributed by atoms with van der Waals surface area (Å²) in [4.78, 5) is 16.8. The standard InChI is InChI=1S/C13H16N4O2/c1-17(19-2)13(18)11-9-15-16-12(11)14-8-10-6-4-3-5-7-10/h3-7,9H,8H2,1-2H3,(H2,14,15,16). The average molecular weight is 260 g/mol. The topological polar surface area (TPSA) is 70.2 Å². The molecule has 0 saturated heterocycles. The van der Waals surface area contributed by atoms with Crippen molar-refractivity contribution in [1.82, 2.24) is 15.3 Å². The van der Waals surface area contributed by atoms with Gasteiger partial charge in [0.1, 0.15) is 11.4 Å². The van der Waals surface area contributed by atoms with Crippen LogP contribution in [0.2, 0.25) is 0 Å². The maximum Gasteiger partial charge on any atom is 0.282 e. The maximum absolute atomic E-state index is 12.0. The number of aromatic amines is 1. The van der Waals surface area contributed by atoms with Crippen LogP contribution in [0.15, 0.2) is 36.5 Å². The number of carbonyl (C=O) groups is 1. The molecule has 1 heterocycles. The molecule has 0 aliphatic carbocycles. The maximum atomic E-state index is 12.0. The molecule has 1 amide bonds. The van der Waals surface area contributed by atoms with Crippen molar-refractivity contribution in [3.8, 4) is 0 Å². The van der Waals surface area contributed by atoms with Crippen LogP contribution in [0.1, 0.15) is 15.9 Å². The molecule has 6 heteroatoms. The number of benzene rings is 1. The highest BCUT2D eigenvalue weighted by molar-refractivity contribution is 5.97. The van der Waals surface area contributed by atoms with Gasteiger partial charge in [-0.2, -0.15) is 5.10 Å². The van der Waals surface area contributed by atoms with Crippen LogP contribution in [-0.2, 0) is 11.4 Å². The van der Waals surface area contributed by atoms with Crippen LogP contribution >= 0.6 is 0 Å². The van der Waals surface area contributed by atoms with Gasteiger partial charge in [-0.1, -0.05) is 30.3 Å². The average Bonchev–Trinajstić information content (AvgIpc) is 2.93. The molecular formula is C13H16N4O2. The highest BCUT2D eigenvalue weighted by atomic mass is 16.7. The summed E-state index contributed by atoms with van der Waals surface area (Å²) >= 11 is 0. The number of carbonyl (C=O) groups excluding carboxylic acids is 1. The van der Waals surface area contributed by atoms with Crippen LogP contribution in [0.4, 0.5) is 5.82 Å². The van der Waals surface area contributed by atoms with Crippen molar-refractivity contribution in [3.63, 3.8) is 0 Å². The molecular weight excluding hydrogens is 244 g/mol. The molecule has 19 heavy (non-hydrogen) atoms. The van der Waals surface area contributed by atoms with E-state index in [1.165, 1.54) is 13.3 Å². The third-order valence-corrected chi connectivity index (χ3v) is 2.74. The molecule has 2 N–H and O–H groups in total. The first kappa shape index (κ1) is 13.1. The Morgan fingerprint density at radius 2 is 2.16 bits per heavy atom. The van der Waals surface area contributed by atoms with Gasteiger partial charge in [-0.3, -0.25) is 14.7 Å². The number of hydroxylamine groups is 2. The van der Waals surface area contributed by atoms with Gasteiger partial charge in [0.2, 0.25) is 0 Å². The van der Waals surface area contributed by atoms with Crippen LogP contribution < -0.4 is 5.32 Å². The fourth-order valence-corrected chi connectivity index (χ4v) is 1.62. The van der Waals surface area contributed by atoms with Gasteiger partial charge in [0.25, 0.3) is 5.91 Å². The zero-order valence-corrected chi connectivity index (χ0v) is 10.9. The van der Waals surface area contributed by atoms with Gasteiger partial charge in [-0.15, -0.1) is 0 Å². The molecule has 0 aliphatic heterocycles. The molecule has 6 nitrogen and oxygen atoms in total. The molecule has 100 valence electrons. The van der Waals surface area contributed by atoms with E-state index in [4.69, 9.17) is 4.84 Å². The van der Waals surface area contributed by atoms with Gasteiger partial charge in [0.05, 0.1) is 13.3 Å². The Hall–Kier alpha value is -2.34. The Morgan fingerprint density at radius 1 is 1.42 bits per heavy atom. The molecule has 2 aromatic rings. The zero-order chi connectivity index (χ0) is 13.7. The van der Waals surface area contributed by atoms with Crippen molar-refractivity contribution in [2.24, 2.45) is 0 Å². The summed E-state index contributed by atoms with van der Waals surface area (Å²) < 4.78 is 0. The lowest BCUT2D eigenvalue weighted by Gasteiger charge is -2.13. The number of H-pyrrole nitrogens is 1. The van der Waals surface area contributed by atoms with Crippen LogP contribution in [0.25, 0.3) is 0 Å². The van der Waals surface area contributed by atoms with E-state index in [2.05, 4.69) is 15.5 Å². The lowest BCUT2D eigenvalue weighted by atomic mass is 10.2. The number of rotatable bonds is 5. The smallest absolute Gasteiger partial charge is 0.282 e. The Bertz CT molecular complexity index is 539. The van der Waals surface area contributed by atoms with Gasteiger partial charge in [0.15, 0.2) is 0 Å². The molecule has 1 aromatic carbocycles. The number of hydrogen-bond donors (Lipinski definition) is 2. The monoisotopic (exact) mass is 260 g/mol. The number of hydrogen-bond acceptors (Lipinski definition) is 4. The minimum Gasteiger partial charge on any atom is -0.366 e. The van der Waals surface area contributed by atoms with E-state index in [9.17, 15) is 4.79 Å². The molecule has 0 atom stereocenters. The second-order valence-electron chi connectivity index (χ2n) is 3.98. The van der Waals surface area contributed by atoms with Crippen molar-refractivity contribution in [3.05, 3.63) is 47.7 Å². The molecule has 0 spiro atoms. The molecule has 2 rings (SSSR count). The quantitative estimate of drug-likeness (QED) is 0.802. The predicted molar refractivity (Wildman–Crippen MR) is 71.5 cm³/mol. The SMILES string of the molecule is CON(C)C(=O)c1cn[nH]c1NCc1ccccc1. The normalized spacial score (nSPS) is 10.2. The minimum atomic E-state index is -0.258. The lowest BCUT2D eigenvalue weighted by molar-refractivity contribution is -0.0756. The second kappa shape index (κ2) is 6.01. The predicted octanol–water partition coefficient (Wildman–Crippen LogP) is 1.66. The van der Waals surface area contributed by atoms with Crippen molar-refractivity contribution in [1.29, 1.82) is 0 Å². The summed E-state index contributed by atoms with van der Waals surface area (Å²) in [7, 11) is 2.99. The number of amides is 1. The van der Waals surface area contributed by atoms with Crippen molar-refractivity contribution < 1.29 is 9.63 Å². The first-order chi connectivity index (χ1) is 9.22. The van der Waals surface area contributed by atoms with E-state index in [1.807, 2.05) is 30.3 Å². The summed E-state index contributed by atoms with van der Waals surface area (Å²) in [5.41, 5.74) is 1.57. The molecule has 0 aliphatic rings.